The van der Waals surface area contributed by atoms with Gasteiger partial charge in [-0.25, -0.2) is 4.79 Å². The molecule has 4 aromatic carbocycles. The van der Waals surface area contributed by atoms with Crippen LogP contribution in [0.4, 0.5) is 0 Å². The highest BCUT2D eigenvalue weighted by Gasteiger charge is 2.11. The van der Waals surface area contributed by atoms with Crippen LogP contribution in [0.25, 0.3) is 10.8 Å². The normalized spacial score (nSPS) is 10.5. The summed E-state index contributed by atoms with van der Waals surface area (Å²) in [6.07, 6.45) is 0.766. The molecule has 0 unspecified atom stereocenters. The molecule has 0 radical (unpaired) electrons. The number of carbonyl (C=O) groups excluding carboxylic acids is 2. The Morgan fingerprint density at radius 1 is 0.759 bits per heavy atom. The number of carbonyl (C=O) groups is 2. The van der Waals surface area contributed by atoms with Crippen LogP contribution < -0.4 is 9.47 Å². The summed E-state index contributed by atoms with van der Waals surface area (Å²) >= 11 is 0. The Balaban J connectivity index is 1.44. The molecule has 29 heavy (non-hydrogen) atoms. The van der Waals surface area contributed by atoms with Crippen LogP contribution in [0.3, 0.4) is 0 Å². The second-order valence-electron chi connectivity index (χ2n) is 6.51. The van der Waals surface area contributed by atoms with Crippen LogP contribution in [-0.4, -0.2) is 12.3 Å². The van der Waals surface area contributed by atoms with Gasteiger partial charge in [-0.3, -0.25) is 4.79 Å². The van der Waals surface area contributed by atoms with Crippen molar-refractivity contribution in [1.29, 1.82) is 0 Å². The van der Waals surface area contributed by atoms with Gasteiger partial charge in [-0.05, 0) is 41.3 Å². The van der Waals surface area contributed by atoms with Crippen molar-refractivity contribution >= 4 is 23.0 Å². The molecule has 4 aromatic rings. The van der Waals surface area contributed by atoms with E-state index in [1.54, 1.807) is 36.4 Å². The average molecular weight is 382 g/mol. The zero-order valence-electron chi connectivity index (χ0n) is 15.6. The van der Waals surface area contributed by atoms with E-state index in [4.69, 9.17) is 9.47 Å². The molecule has 0 saturated heterocycles. The molecule has 0 aliphatic rings. The lowest BCUT2D eigenvalue weighted by molar-refractivity contribution is 0.0737. The van der Waals surface area contributed by atoms with E-state index in [2.05, 4.69) is 0 Å². The van der Waals surface area contributed by atoms with Gasteiger partial charge in [0.25, 0.3) is 0 Å². The number of benzene rings is 4. The number of para-hydroxylation sites is 1. The van der Waals surface area contributed by atoms with E-state index in [0.29, 0.717) is 29.2 Å². The largest absolute Gasteiger partial charge is 0.488 e. The third kappa shape index (κ3) is 4.17. The molecule has 0 heterocycles. The second kappa shape index (κ2) is 8.40. The van der Waals surface area contributed by atoms with Crippen molar-refractivity contribution in [2.75, 3.05) is 0 Å². The third-order valence-electron chi connectivity index (χ3n) is 4.58. The number of aldehydes is 1. The Morgan fingerprint density at radius 2 is 1.45 bits per heavy atom. The molecule has 0 saturated carbocycles. The SMILES string of the molecule is O=Cc1ccccc1OCc1ccc(C(=O)Oc2cccc3ccccc23)cc1. The van der Waals surface area contributed by atoms with Crippen LogP contribution in [0, 0.1) is 0 Å². The molecule has 0 spiro atoms. The minimum Gasteiger partial charge on any atom is -0.488 e. The van der Waals surface area contributed by atoms with Crippen LogP contribution in [-0.2, 0) is 6.61 Å². The predicted octanol–water partition coefficient (Wildman–Crippen LogP) is 5.45. The molecule has 0 fully saturated rings. The standard InChI is InChI=1S/C25H18O4/c26-16-21-7-2-4-10-23(21)28-17-18-12-14-20(15-13-18)25(27)29-24-11-5-8-19-6-1-3-9-22(19)24/h1-16H,17H2. The molecule has 0 aliphatic heterocycles. The van der Waals surface area contributed by atoms with Crippen molar-refractivity contribution in [3.8, 4) is 11.5 Å². The van der Waals surface area contributed by atoms with E-state index in [1.165, 1.54) is 0 Å². The van der Waals surface area contributed by atoms with Gasteiger partial charge in [0.2, 0.25) is 0 Å². The summed E-state index contributed by atoms with van der Waals surface area (Å²) < 4.78 is 11.3. The highest BCUT2D eigenvalue weighted by Crippen LogP contribution is 2.26. The Hall–Kier alpha value is -3.92. The van der Waals surface area contributed by atoms with E-state index in [0.717, 1.165) is 22.6 Å². The van der Waals surface area contributed by atoms with Crippen molar-refractivity contribution in [2.45, 2.75) is 6.61 Å². The lowest BCUT2D eigenvalue weighted by Crippen LogP contribution is -2.09. The molecule has 0 aliphatic carbocycles. The Labute approximate surface area is 168 Å². The number of ether oxygens (including phenoxy) is 2. The first kappa shape index (κ1) is 18.4. The van der Waals surface area contributed by atoms with Gasteiger partial charge in [0.05, 0.1) is 11.1 Å². The van der Waals surface area contributed by atoms with Crippen LogP contribution in [0.5, 0.6) is 11.5 Å². The zero-order valence-corrected chi connectivity index (χ0v) is 15.6. The van der Waals surface area contributed by atoms with Gasteiger partial charge in [-0.15, -0.1) is 0 Å². The van der Waals surface area contributed by atoms with Crippen molar-refractivity contribution < 1.29 is 19.1 Å². The fourth-order valence-electron chi connectivity index (χ4n) is 3.05. The minimum atomic E-state index is -0.417. The molecule has 0 bridgehead atoms. The maximum absolute atomic E-state index is 12.5. The summed E-state index contributed by atoms with van der Waals surface area (Å²) in [5.41, 5.74) is 1.84. The van der Waals surface area contributed by atoms with Crippen LogP contribution in [0.15, 0.2) is 91.0 Å². The topological polar surface area (TPSA) is 52.6 Å². The van der Waals surface area contributed by atoms with Crippen LogP contribution in [0.2, 0.25) is 0 Å². The Morgan fingerprint density at radius 3 is 2.28 bits per heavy atom. The van der Waals surface area contributed by atoms with E-state index >= 15 is 0 Å². The highest BCUT2D eigenvalue weighted by atomic mass is 16.5. The molecule has 0 atom stereocenters. The maximum atomic E-state index is 12.5. The van der Waals surface area contributed by atoms with Crippen LogP contribution >= 0.6 is 0 Å². The van der Waals surface area contributed by atoms with Crippen molar-refractivity contribution in [1.82, 2.24) is 0 Å². The monoisotopic (exact) mass is 382 g/mol. The van der Waals surface area contributed by atoms with Crippen molar-refractivity contribution in [3.05, 3.63) is 108 Å². The molecule has 142 valence electrons. The maximum Gasteiger partial charge on any atom is 0.343 e. The summed E-state index contributed by atoms with van der Waals surface area (Å²) in [5, 5.41) is 1.91. The van der Waals surface area contributed by atoms with Gasteiger partial charge >= 0.3 is 5.97 Å². The molecule has 0 amide bonds. The third-order valence-corrected chi connectivity index (χ3v) is 4.58. The first-order chi connectivity index (χ1) is 14.2. The van der Waals surface area contributed by atoms with Gasteiger partial charge in [0.15, 0.2) is 6.29 Å². The number of hydrogen-bond acceptors (Lipinski definition) is 4. The van der Waals surface area contributed by atoms with Gasteiger partial charge < -0.3 is 9.47 Å². The summed E-state index contributed by atoms with van der Waals surface area (Å²) in [4.78, 5) is 23.6. The summed E-state index contributed by atoms with van der Waals surface area (Å²) in [6, 6.07) is 27.5. The van der Waals surface area contributed by atoms with Gasteiger partial charge in [-0.1, -0.05) is 60.7 Å². The molecule has 0 aromatic heterocycles. The summed E-state index contributed by atoms with van der Waals surface area (Å²) in [6.45, 7) is 0.295. The number of hydrogen-bond donors (Lipinski definition) is 0. The first-order valence-corrected chi connectivity index (χ1v) is 9.20. The fraction of sp³-hybridized carbons (Fsp3) is 0.0400. The second-order valence-corrected chi connectivity index (χ2v) is 6.51. The van der Waals surface area contributed by atoms with Gasteiger partial charge in [-0.2, -0.15) is 0 Å². The molecular formula is C25H18O4. The lowest BCUT2D eigenvalue weighted by Gasteiger charge is -2.10. The summed E-state index contributed by atoms with van der Waals surface area (Å²) in [7, 11) is 0. The predicted molar refractivity (Wildman–Crippen MR) is 112 cm³/mol. The Kier molecular flexibility index (Phi) is 5.34. The lowest BCUT2D eigenvalue weighted by atomic mass is 10.1. The molecular weight excluding hydrogens is 364 g/mol. The number of esters is 1. The van der Waals surface area contributed by atoms with E-state index in [1.807, 2.05) is 54.6 Å². The molecule has 4 heteroatoms. The molecule has 4 rings (SSSR count). The summed E-state index contributed by atoms with van der Waals surface area (Å²) in [5.74, 6) is 0.646. The average Bonchev–Trinajstić information content (AvgIpc) is 2.78. The quantitative estimate of drug-likeness (QED) is 0.253. The van der Waals surface area contributed by atoms with E-state index in [9.17, 15) is 9.59 Å². The van der Waals surface area contributed by atoms with E-state index < -0.39 is 5.97 Å². The highest BCUT2D eigenvalue weighted by molar-refractivity contribution is 5.95. The van der Waals surface area contributed by atoms with Gasteiger partial charge in [0, 0.05) is 5.39 Å². The van der Waals surface area contributed by atoms with Crippen LogP contribution in [0.1, 0.15) is 26.3 Å². The zero-order chi connectivity index (χ0) is 20.1. The van der Waals surface area contributed by atoms with Gasteiger partial charge in [0.1, 0.15) is 18.1 Å². The minimum absolute atomic E-state index is 0.295. The van der Waals surface area contributed by atoms with E-state index in [-0.39, 0.29) is 0 Å². The first-order valence-electron chi connectivity index (χ1n) is 9.20. The Bertz CT molecular complexity index is 1160. The van der Waals surface area contributed by atoms with Crippen molar-refractivity contribution in [3.63, 3.8) is 0 Å². The fourth-order valence-corrected chi connectivity index (χ4v) is 3.05. The number of rotatable bonds is 6. The smallest absolute Gasteiger partial charge is 0.343 e. The molecule has 0 N–H and O–H groups in total. The number of fused-ring (bicyclic) bond motifs is 1. The van der Waals surface area contributed by atoms with Crippen molar-refractivity contribution in [2.24, 2.45) is 0 Å². The molecule has 4 nitrogen and oxygen atoms in total.